The predicted octanol–water partition coefficient (Wildman–Crippen LogP) is 2.89. The van der Waals surface area contributed by atoms with Gasteiger partial charge in [-0.05, 0) is 32.1 Å². The molecule has 0 saturated carbocycles. The zero-order chi connectivity index (χ0) is 14.4. The van der Waals surface area contributed by atoms with Crippen molar-refractivity contribution < 1.29 is 4.74 Å². The van der Waals surface area contributed by atoms with E-state index in [1.165, 1.54) is 5.56 Å². The first-order chi connectivity index (χ1) is 8.93. The topological polar surface area (TPSA) is 24.5 Å². The first kappa shape index (κ1) is 15.5. The molecule has 0 aromatic heterocycles. The third-order valence-corrected chi connectivity index (χ3v) is 3.19. The lowest BCUT2D eigenvalue weighted by molar-refractivity contribution is 0.397. The molecule has 0 amide bonds. The Kier molecular flexibility index (Phi) is 5.83. The Morgan fingerprint density at radius 3 is 2.74 bits per heavy atom. The van der Waals surface area contributed by atoms with Gasteiger partial charge in [-0.1, -0.05) is 29.8 Å². The maximum absolute atomic E-state index is 5.37. The number of rotatable bonds is 5. The van der Waals surface area contributed by atoms with E-state index in [-0.39, 0.29) is 0 Å². The summed E-state index contributed by atoms with van der Waals surface area (Å²) in [6, 6.07) is 6.15. The van der Waals surface area contributed by atoms with Crippen molar-refractivity contribution in [1.82, 2.24) is 10.2 Å². The standard InChI is InChI=1S/C15H22N2OS/c1-11(2)9-16-15(19)17(4)10-13-8-12(3)6-7-14(13)18-5/h6-8H,1,9-10H2,2-5H3,(H,16,19). The van der Waals surface area contributed by atoms with Crippen molar-refractivity contribution in [2.75, 3.05) is 20.7 Å². The lowest BCUT2D eigenvalue weighted by Gasteiger charge is -2.22. The highest BCUT2D eigenvalue weighted by atomic mass is 32.1. The number of hydrogen-bond donors (Lipinski definition) is 1. The summed E-state index contributed by atoms with van der Waals surface area (Å²) in [5, 5.41) is 3.89. The van der Waals surface area contributed by atoms with Crippen molar-refractivity contribution >= 4 is 17.3 Å². The van der Waals surface area contributed by atoms with Crippen molar-refractivity contribution in [2.45, 2.75) is 20.4 Å². The van der Waals surface area contributed by atoms with E-state index >= 15 is 0 Å². The van der Waals surface area contributed by atoms with Gasteiger partial charge in [-0.25, -0.2) is 0 Å². The highest BCUT2D eigenvalue weighted by Crippen LogP contribution is 2.20. The van der Waals surface area contributed by atoms with E-state index in [1.54, 1.807) is 7.11 Å². The minimum absolute atomic E-state index is 0.703. The van der Waals surface area contributed by atoms with Crippen LogP contribution in [0.15, 0.2) is 30.4 Å². The maximum atomic E-state index is 5.37. The highest BCUT2D eigenvalue weighted by Gasteiger charge is 2.09. The lowest BCUT2D eigenvalue weighted by Crippen LogP contribution is -2.37. The minimum Gasteiger partial charge on any atom is -0.496 e. The number of nitrogens with one attached hydrogen (secondary N) is 1. The Morgan fingerprint density at radius 1 is 1.47 bits per heavy atom. The Balaban J connectivity index is 2.70. The van der Waals surface area contributed by atoms with E-state index in [0.717, 1.165) is 16.9 Å². The van der Waals surface area contributed by atoms with E-state index in [4.69, 9.17) is 17.0 Å². The number of thiocarbonyl (C=S) groups is 1. The molecule has 104 valence electrons. The fourth-order valence-corrected chi connectivity index (χ4v) is 1.86. The van der Waals surface area contributed by atoms with Gasteiger partial charge in [0.25, 0.3) is 0 Å². The summed E-state index contributed by atoms with van der Waals surface area (Å²) in [4.78, 5) is 2.00. The summed E-state index contributed by atoms with van der Waals surface area (Å²) < 4.78 is 5.37. The fraction of sp³-hybridized carbons (Fsp3) is 0.400. The van der Waals surface area contributed by atoms with Crippen LogP contribution in [-0.4, -0.2) is 30.7 Å². The van der Waals surface area contributed by atoms with Crippen molar-refractivity contribution in [3.63, 3.8) is 0 Å². The van der Waals surface area contributed by atoms with Crippen LogP contribution in [-0.2, 0) is 6.54 Å². The van der Waals surface area contributed by atoms with Gasteiger partial charge in [0.15, 0.2) is 5.11 Å². The molecule has 1 rings (SSSR count). The van der Waals surface area contributed by atoms with Crippen LogP contribution in [0.5, 0.6) is 5.75 Å². The summed E-state index contributed by atoms with van der Waals surface area (Å²) in [7, 11) is 3.65. The zero-order valence-corrected chi connectivity index (χ0v) is 12.9. The average molecular weight is 278 g/mol. The summed E-state index contributed by atoms with van der Waals surface area (Å²) in [5.74, 6) is 0.889. The summed E-state index contributed by atoms with van der Waals surface area (Å²) in [5.41, 5.74) is 3.40. The second-order valence-electron chi connectivity index (χ2n) is 4.79. The highest BCUT2D eigenvalue weighted by molar-refractivity contribution is 7.80. The molecule has 0 spiro atoms. The molecular formula is C15H22N2OS. The molecule has 0 fully saturated rings. The van der Waals surface area contributed by atoms with E-state index < -0.39 is 0 Å². The van der Waals surface area contributed by atoms with Gasteiger partial charge in [0.1, 0.15) is 5.75 Å². The number of aryl methyl sites for hydroxylation is 1. The Bertz CT molecular complexity index is 471. The molecule has 1 aromatic rings. The molecule has 0 aliphatic carbocycles. The molecule has 0 saturated heterocycles. The molecule has 0 aliphatic rings. The smallest absolute Gasteiger partial charge is 0.169 e. The molecule has 0 heterocycles. The molecule has 3 nitrogen and oxygen atoms in total. The van der Waals surface area contributed by atoms with Crippen molar-refractivity contribution in [1.29, 1.82) is 0 Å². The quantitative estimate of drug-likeness (QED) is 0.661. The molecule has 1 aromatic carbocycles. The van der Waals surface area contributed by atoms with Crippen LogP contribution in [0.25, 0.3) is 0 Å². The monoisotopic (exact) mass is 278 g/mol. The zero-order valence-electron chi connectivity index (χ0n) is 12.1. The van der Waals surface area contributed by atoms with Crippen LogP contribution in [0.3, 0.4) is 0 Å². The number of hydrogen-bond acceptors (Lipinski definition) is 2. The molecule has 19 heavy (non-hydrogen) atoms. The van der Waals surface area contributed by atoms with Crippen LogP contribution in [0.4, 0.5) is 0 Å². The first-order valence-corrected chi connectivity index (χ1v) is 6.61. The molecular weight excluding hydrogens is 256 g/mol. The molecule has 0 bridgehead atoms. The summed E-state index contributed by atoms with van der Waals surface area (Å²) in [6.45, 7) is 9.31. The van der Waals surface area contributed by atoms with Gasteiger partial charge in [0, 0.05) is 25.7 Å². The average Bonchev–Trinajstić information content (AvgIpc) is 2.36. The summed E-state index contributed by atoms with van der Waals surface area (Å²) in [6.07, 6.45) is 0. The Hall–Kier alpha value is -1.55. The number of nitrogens with zero attached hydrogens (tertiary/aromatic N) is 1. The van der Waals surface area contributed by atoms with Gasteiger partial charge in [-0.15, -0.1) is 0 Å². The van der Waals surface area contributed by atoms with Crippen molar-refractivity contribution in [2.24, 2.45) is 0 Å². The first-order valence-electron chi connectivity index (χ1n) is 6.21. The Morgan fingerprint density at radius 2 is 2.16 bits per heavy atom. The fourth-order valence-electron chi connectivity index (χ4n) is 1.72. The van der Waals surface area contributed by atoms with Gasteiger partial charge >= 0.3 is 0 Å². The number of methoxy groups -OCH3 is 1. The van der Waals surface area contributed by atoms with Gasteiger partial charge in [-0.3, -0.25) is 0 Å². The molecule has 1 N–H and O–H groups in total. The number of ether oxygens (including phenoxy) is 1. The molecule has 0 radical (unpaired) electrons. The lowest BCUT2D eigenvalue weighted by atomic mass is 10.1. The molecule has 0 atom stereocenters. The van der Waals surface area contributed by atoms with Gasteiger partial charge in [0.05, 0.1) is 7.11 Å². The number of benzene rings is 1. The van der Waals surface area contributed by atoms with Gasteiger partial charge < -0.3 is 15.0 Å². The normalized spacial score (nSPS) is 9.89. The second kappa shape index (κ2) is 7.14. The summed E-state index contributed by atoms with van der Waals surface area (Å²) >= 11 is 5.34. The van der Waals surface area contributed by atoms with Crippen molar-refractivity contribution in [3.8, 4) is 5.75 Å². The van der Waals surface area contributed by atoms with Crippen LogP contribution >= 0.6 is 12.2 Å². The van der Waals surface area contributed by atoms with E-state index in [2.05, 4.69) is 24.9 Å². The largest absolute Gasteiger partial charge is 0.496 e. The van der Waals surface area contributed by atoms with E-state index in [9.17, 15) is 0 Å². The van der Waals surface area contributed by atoms with Gasteiger partial charge in [0.2, 0.25) is 0 Å². The van der Waals surface area contributed by atoms with Crippen molar-refractivity contribution in [3.05, 3.63) is 41.5 Å². The maximum Gasteiger partial charge on any atom is 0.169 e. The van der Waals surface area contributed by atoms with Crippen LogP contribution < -0.4 is 10.1 Å². The van der Waals surface area contributed by atoms with E-state index in [0.29, 0.717) is 18.2 Å². The molecule has 0 aliphatic heterocycles. The molecule has 4 heteroatoms. The predicted molar refractivity (Wildman–Crippen MR) is 84.6 cm³/mol. The van der Waals surface area contributed by atoms with Gasteiger partial charge in [-0.2, -0.15) is 0 Å². The van der Waals surface area contributed by atoms with E-state index in [1.807, 2.05) is 31.0 Å². The molecule has 0 unspecified atom stereocenters. The minimum atomic E-state index is 0.703. The third kappa shape index (κ3) is 4.91. The van der Waals surface area contributed by atoms with Crippen LogP contribution in [0.2, 0.25) is 0 Å². The third-order valence-electron chi connectivity index (χ3n) is 2.73. The van der Waals surface area contributed by atoms with Crippen LogP contribution in [0, 0.1) is 6.92 Å². The van der Waals surface area contributed by atoms with Crippen LogP contribution in [0.1, 0.15) is 18.1 Å². The second-order valence-corrected chi connectivity index (χ2v) is 5.17. The Labute approximate surface area is 121 Å². The SMILES string of the molecule is C=C(C)CNC(=S)N(C)Cc1cc(C)ccc1OC.